The number of nitrogens with one attached hydrogen (secondary N) is 1. The average Bonchev–Trinajstić information content (AvgIpc) is 2.84. The molecular formula is C20H23F2N3O. The summed E-state index contributed by atoms with van der Waals surface area (Å²) in [6, 6.07) is 13.7. The van der Waals surface area contributed by atoms with Crippen LogP contribution in [-0.2, 0) is 11.3 Å². The Hall–Kier alpha value is -2.31. The van der Waals surface area contributed by atoms with E-state index < -0.39 is 11.6 Å². The van der Waals surface area contributed by atoms with Crippen LogP contribution >= 0.6 is 0 Å². The smallest absolute Gasteiger partial charge is 0.238 e. The van der Waals surface area contributed by atoms with Gasteiger partial charge in [0.1, 0.15) is 0 Å². The van der Waals surface area contributed by atoms with Crippen molar-refractivity contribution in [2.45, 2.75) is 13.0 Å². The molecule has 26 heavy (non-hydrogen) atoms. The van der Waals surface area contributed by atoms with E-state index in [1.165, 1.54) is 11.6 Å². The fraction of sp³-hybridized carbons (Fsp3) is 0.350. The van der Waals surface area contributed by atoms with Crippen molar-refractivity contribution in [1.29, 1.82) is 0 Å². The molecule has 2 aromatic carbocycles. The molecule has 0 radical (unpaired) electrons. The van der Waals surface area contributed by atoms with Crippen LogP contribution in [-0.4, -0.2) is 48.4 Å². The van der Waals surface area contributed by atoms with Crippen LogP contribution in [0.4, 0.5) is 14.5 Å². The van der Waals surface area contributed by atoms with Gasteiger partial charge in [-0.15, -0.1) is 0 Å². The SMILES string of the molecule is O=C(CN1CCCN(Cc2ccccc2)CC1)Nc1ccc(F)c(F)c1. The Morgan fingerprint density at radius 3 is 2.42 bits per heavy atom. The maximum Gasteiger partial charge on any atom is 0.238 e. The van der Waals surface area contributed by atoms with Gasteiger partial charge in [0.2, 0.25) is 5.91 Å². The molecule has 1 N–H and O–H groups in total. The van der Waals surface area contributed by atoms with Crippen LogP contribution < -0.4 is 5.32 Å². The minimum Gasteiger partial charge on any atom is -0.325 e. The predicted molar refractivity (Wildman–Crippen MR) is 97.8 cm³/mol. The van der Waals surface area contributed by atoms with Gasteiger partial charge in [0.15, 0.2) is 11.6 Å². The molecule has 3 rings (SSSR count). The van der Waals surface area contributed by atoms with E-state index in [0.717, 1.165) is 51.3 Å². The summed E-state index contributed by atoms with van der Waals surface area (Å²) < 4.78 is 26.2. The highest BCUT2D eigenvalue weighted by Crippen LogP contribution is 2.13. The third-order valence-electron chi connectivity index (χ3n) is 4.50. The molecule has 1 fully saturated rings. The van der Waals surface area contributed by atoms with Gasteiger partial charge in [-0.1, -0.05) is 30.3 Å². The lowest BCUT2D eigenvalue weighted by molar-refractivity contribution is -0.117. The molecule has 0 spiro atoms. The summed E-state index contributed by atoms with van der Waals surface area (Å²) in [7, 11) is 0. The third kappa shape index (κ3) is 5.34. The van der Waals surface area contributed by atoms with Gasteiger partial charge in [0, 0.05) is 31.4 Å². The molecule has 2 aromatic rings. The van der Waals surface area contributed by atoms with Crippen LogP contribution in [0.1, 0.15) is 12.0 Å². The van der Waals surface area contributed by atoms with Crippen molar-refractivity contribution in [1.82, 2.24) is 9.80 Å². The van der Waals surface area contributed by atoms with Crippen molar-refractivity contribution in [2.24, 2.45) is 0 Å². The van der Waals surface area contributed by atoms with Crippen molar-refractivity contribution in [3.8, 4) is 0 Å². The Kier molecular flexibility index (Phi) is 6.30. The van der Waals surface area contributed by atoms with E-state index in [-0.39, 0.29) is 18.1 Å². The quantitative estimate of drug-likeness (QED) is 0.891. The zero-order chi connectivity index (χ0) is 18.4. The Balaban J connectivity index is 1.48. The Morgan fingerprint density at radius 2 is 1.65 bits per heavy atom. The largest absolute Gasteiger partial charge is 0.325 e. The van der Waals surface area contributed by atoms with E-state index in [9.17, 15) is 13.6 Å². The lowest BCUT2D eigenvalue weighted by Crippen LogP contribution is -2.36. The van der Waals surface area contributed by atoms with Crippen LogP contribution in [0.3, 0.4) is 0 Å². The predicted octanol–water partition coefficient (Wildman–Crippen LogP) is 3.11. The maximum absolute atomic E-state index is 13.2. The molecule has 0 aromatic heterocycles. The summed E-state index contributed by atoms with van der Waals surface area (Å²) in [4.78, 5) is 16.7. The summed E-state index contributed by atoms with van der Waals surface area (Å²) in [5, 5.41) is 2.63. The highest BCUT2D eigenvalue weighted by Gasteiger charge is 2.17. The van der Waals surface area contributed by atoms with E-state index in [1.54, 1.807) is 0 Å². The maximum atomic E-state index is 13.2. The molecule has 6 heteroatoms. The Labute approximate surface area is 152 Å². The molecule has 0 saturated carbocycles. The zero-order valence-electron chi connectivity index (χ0n) is 14.6. The second-order valence-electron chi connectivity index (χ2n) is 6.57. The van der Waals surface area contributed by atoms with Gasteiger partial charge >= 0.3 is 0 Å². The minimum absolute atomic E-state index is 0.215. The number of anilines is 1. The van der Waals surface area contributed by atoms with E-state index >= 15 is 0 Å². The number of carbonyl (C=O) groups is 1. The average molecular weight is 359 g/mol. The fourth-order valence-corrected chi connectivity index (χ4v) is 3.16. The summed E-state index contributed by atoms with van der Waals surface area (Å²) in [6.45, 7) is 4.70. The monoisotopic (exact) mass is 359 g/mol. The molecule has 138 valence electrons. The molecule has 0 bridgehead atoms. The Bertz CT molecular complexity index is 739. The van der Waals surface area contributed by atoms with Gasteiger partial charge in [-0.05, 0) is 37.2 Å². The molecule has 1 aliphatic heterocycles. The highest BCUT2D eigenvalue weighted by molar-refractivity contribution is 5.92. The second-order valence-corrected chi connectivity index (χ2v) is 6.57. The molecule has 0 atom stereocenters. The molecule has 1 aliphatic rings. The molecule has 0 aliphatic carbocycles. The number of halogens is 2. The van der Waals surface area contributed by atoms with Crippen molar-refractivity contribution in [3.05, 3.63) is 65.7 Å². The van der Waals surface area contributed by atoms with Crippen molar-refractivity contribution in [3.63, 3.8) is 0 Å². The van der Waals surface area contributed by atoms with Crippen LogP contribution in [0.5, 0.6) is 0 Å². The highest BCUT2D eigenvalue weighted by atomic mass is 19.2. The normalized spacial score (nSPS) is 16.2. The number of hydrogen-bond acceptors (Lipinski definition) is 3. The molecule has 1 saturated heterocycles. The first kappa shape index (κ1) is 18.5. The fourth-order valence-electron chi connectivity index (χ4n) is 3.16. The lowest BCUT2D eigenvalue weighted by atomic mass is 10.2. The van der Waals surface area contributed by atoms with Gasteiger partial charge in [-0.2, -0.15) is 0 Å². The van der Waals surface area contributed by atoms with E-state index in [2.05, 4.69) is 27.2 Å². The first-order valence-electron chi connectivity index (χ1n) is 8.84. The van der Waals surface area contributed by atoms with E-state index in [0.29, 0.717) is 0 Å². The van der Waals surface area contributed by atoms with Gasteiger partial charge in [0.25, 0.3) is 0 Å². The van der Waals surface area contributed by atoms with E-state index in [4.69, 9.17) is 0 Å². The topological polar surface area (TPSA) is 35.6 Å². The second kappa shape index (κ2) is 8.87. The van der Waals surface area contributed by atoms with Crippen LogP contribution in [0, 0.1) is 11.6 Å². The number of rotatable bonds is 5. The minimum atomic E-state index is -0.964. The zero-order valence-corrected chi connectivity index (χ0v) is 14.6. The molecule has 1 heterocycles. The standard InChI is InChI=1S/C20H23F2N3O/c21-18-8-7-17(13-19(18)22)23-20(26)15-25-10-4-9-24(11-12-25)14-16-5-2-1-3-6-16/h1-3,5-8,13H,4,9-12,14-15H2,(H,23,26). The van der Waals surface area contributed by atoms with Crippen LogP contribution in [0.15, 0.2) is 48.5 Å². The van der Waals surface area contributed by atoms with Crippen molar-refractivity contribution in [2.75, 3.05) is 38.0 Å². The Morgan fingerprint density at radius 1 is 0.923 bits per heavy atom. The number of hydrogen-bond donors (Lipinski definition) is 1. The first-order chi connectivity index (χ1) is 12.6. The van der Waals surface area contributed by atoms with Gasteiger partial charge in [0.05, 0.1) is 6.54 Å². The number of nitrogens with zero attached hydrogens (tertiary/aromatic N) is 2. The molecule has 1 amide bonds. The van der Waals surface area contributed by atoms with Crippen LogP contribution in [0.2, 0.25) is 0 Å². The molecular weight excluding hydrogens is 336 g/mol. The summed E-state index contributed by atoms with van der Waals surface area (Å²) in [5.41, 5.74) is 1.56. The van der Waals surface area contributed by atoms with Crippen molar-refractivity contribution < 1.29 is 13.6 Å². The summed E-state index contributed by atoms with van der Waals surface area (Å²) in [5.74, 6) is -2.10. The summed E-state index contributed by atoms with van der Waals surface area (Å²) in [6.07, 6.45) is 0.991. The first-order valence-corrected chi connectivity index (χ1v) is 8.84. The molecule has 0 unspecified atom stereocenters. The number of amides is 1. The number of benzene rings is 2. The van der Waals surface area contributed by atoms with Crippen molar-refractivity contribution >= 4 is 11.6 Å². The molecule has 4 nitrogen and oxygen atoms in total. The summed E-state index contributed by atoms with van der Waals surface area (Å²) >= 11 is 0. The van der Waals surface area contributed by atoms with E-state index in [1.807, 2.05) is 18.2 Å². The van der Waals surface area contributed by atoms with Gasteiger partial charge < -0.3 is 5.32 Å². The van der Waals surface area contributed by atoms with Crippen LogP contribution in [0.25, 0.3) is 0 Å². The van der Waals surface area contributed by atoms with Gasteiger partial charge in [-0.3, -0.25) is 14.6 Å². The third-order valence-corrected chi connectivity index (χ3v) is 4.50. The van der Waals surface area contributed by atoms with Gasteiger partial charge in [-0.25, -0.2) is 8.78 Å². The number of carbonyl (C=O) groups excluding carboxylic acids is 1. The lowest BCUT2D eigenvalue weighted by Gasteiger charge is -2.21.